The molecule has 2 rings (SSSR count). The summed E-state index contributed by atoms with van der Waals surface area (Å²) in [5, 5.41) is 8.56. The van der Waals surface area contributed by atoms with Crippen LogP contribution in [0.5, 0.6) is 0 Å². The van der Waals surface area contributed by atoms with E-state index in [1.54, 1.807) is 12.1 Å². The number of hydrogen-bond donors (Lipinski definition) is 2. The molecule has 0 aromatic carbocycles. The molecule has 2 heterocycles. The number of carbonyl (C=O) groups excluding carboxylic acids is 2. The summed E-state index contributed by atoms with van der Waals surface area (Å²) in [7, 11) is 0. The maximum atomic E-state index is 11.7. The number of hydrogen-bond acceptors (Lipinski definition) is 6. The summed E-state index contributed by atoms with van der Waals surface area (Å²) in [6, 6.07) is 3.08. The Balaban J connectivity index is 1.81. The first-order valence-corrected chi connectivity index (χ1v) is 7.36. The van der Waals surface area contributed by atoms with Gasteiger partial charge in [0.25, 0.3) is 0 Å². The number of allylic oxidation sites excluding steroid dienone is 1. The van der Waals surface area contributed by atoms with Crippen LogP contribution in [0.3, 0.4) is 0 Å². The van der Waals surface area contributed by atoms with Crippen LogP contribution in [0.25, 0.3) is 0 Å². The van der Waals surface area contributed by atoms with E-state index in [1.807, 2.05) is 11.5 Å². The lowest BCUT2D eigenvalue weighted by atomic mass is 10.4. The number of rotatable bonds is 6. The van der Waals surface area contributed by atoms with Crippen molar-refractivity contribution >= 4 is 23.6 Å². The highest BCUT2D eigenvalue weighted by molar-refractivity contribution is 7.99. The Bertz CT molecular complexity index is 665. The van der Waals surface area contributed by atoms with Crippen molar-refractivity contribution in [3.8, 4) is 0 Å². The fourth-order valence-corrected chi connectivity index (χ4v) is 2.36. The van der Waals surface area contributed by atoms with Crippen molar-refractivity contribution in [2.45, 2.75) is 18.6 Å². The van der Waals surface area contributed by atoms with Gasteiger partial charge in [-0.25, -0.2) is 0 Å². The van der Waals surface area contributed by atoms with E-state index < -0.39 is 5.91 Å². The molecule has 0 radical (unpaired) electrons. The second kappa shape index (κ2) is 7.46. The topological polar surface area (TPSA) is 102 Å². The van der Waals surface area contributed by atoms with Crippen LogP contribution in [0, 0.1) is 6.92 Å². The van der Waals surface area contributed by atoms with E-state index in [2.05, 4.69) is 27.6 Å². The fraction of sp³-hybridized carbons (Fsp3) is 0.231. The molecule has 8 nitrogen and oxygen atoms in total. The molecule has 0 saturated heterocycles. The van der Waals surface area contributed by atoms with Gasteiger partial charge in [0.1, 0.15) is 5.82 Å². The molecular formula is C13H15N5O3S. The van der Waals surface area contributed by atoms with Crippen molar-refractivity contribution in [2.24, 2.45) is 0 Å². The summed E-state index contributed by atoms with van der Waals surface area (Å²) < 4.78 is 6.74. The highest BCUT2D eigenvalue weighted by atomic mass is 32.2. The Morgan fingerprint density at radius 2 is 2.27 bits per heavy atom. The van der Waals surface area contributed by atoms with Crippen molar-refractivity contribution in [3.05, 3.63) is 42.6 Å². The van der Waals surface area contributed by atoms with E-state index in [-0.39, 0.29) is 17.4 Å². The van der Waals surface area contributed by atoms with Gasteiger partial charge in [-0.3, -0.25) is 20.4 Å². The Kier molecular flexibility index (Phi) is 5.37. The summed E-state index contributed by atoms with van der Waals surface area (Å²) >= 11 is 1.22. The zero-order chi connectivity index (χ0) is 15.9. The molecule has 2 aromatic rings. The standard InChI is InChI=1S/C13H15N5O3S/c1-3-6-18-9(2)14-17-13(18)22-8-11(19)15-16-12(20)10-5-4-7-21-10/h3-5,7H,1,6,8H2,2H3,(H,15,19)(H,16,20). The molecule has 0 aliphatic rings. The van der Waals surface area contributed by atoms with Crippen LogP contribution in [0.4, 0.5) is 0 Å². The first-order valence-electron chi connectivity index (χ1n) is 6.38. The lowest BCUT2D eigenvalue weighted by molar-refractivity contribution is -0.119. The van der Waals surface area contributed by atoms with E-state index in [0.29, 0.717) is 11.7 Å². The average molecular weight is 321 g/mol. The Hall–Kier alpha value is -2.55. The number of hydrazine groups is 1. The summed E-state index contributed by atoms with van der Waals surface area (Å²) in [4.78, 5) is 23.3. The third-order valence-corrected chi connectivity index (χ3v) is 3.57. The molecule has 0 spiro atoms. The van der Waals surface area contributed by atoms with Crippen LogP contribution in [0.2, 0.25) is 0 Å². The summed E-state index contributed by atoms with van der Waals surface area (Å²) in [6.07, 6.45) is 3.10. The van der Waals surface area contributed by atoms with Gasteiger partial charge in [-0.05, 0) is 19.1 Å². The lowest BCUT2D eigenvalue weighted by Crippen LogP contribution is -2.42. The van der Waals surface area contributed by atoms with Gasteiger partial charge in [0.15, 0.2) is 10.9 Å². The summed E-state index contributed by atoms with van der Waals surface area (Å²) in [6.45, 7) is 6.06. The number of nitrogens with one attached hydrogen (secondary N) is 2. The van der Waals surface area contributed by atoms with E-state index in [1.165, 1.54) is 24.1 Å². The normalized spacial score (nSPS) is 10.2. The third-order valence-electron chi connectivity index (χ3n) is 2.61. The van der Waals surface area contributed by atoms with Crippen molar-refractivity contribution in [2.75, 3.05) is 5.75 Å². The van der Waals surface area contributed by atoms with Crippen molar-refractivity contribution in [1.82, 2.24) is 25.6 Å². The molecule has 116 valence electrons. The van der Waals surface area contributed by atoms with Gasteiger partial charge in [0.2, 0.25) is 5.91 Å². The number of aromatic nitrogens is 3. The highest BCUT2D eigenvalue weighted by Gasteiger charge is 2.12. The maximum absolute atomic E-state index is 11.7. The van der Waals surface area contributed by atoms with Gasteiger partial charge in [-0.15, -0.1) is 16.8 Å². The largest absolute Gasteiger partial charge is 0.459 e. The number of furan rings is 1. The van der Waals surface area contributed by atoms with Gasteiger partial charge in [0, 0.05) is 6.54 Å². The molecule has 9 heteroatoms. The van der Waals surface area contributed by atoms with E-state index in [0.717, 1.165) is 5.82 Å². The smallest absolute Gasteiger partial charge is 0.305 e. The van der Waals surface area contributed by atoms with Crippen LogP contribution < -0.4 is 10.9 Å². The van der Waals surface area contributed by atoms with Crippen LogP contribution in [-0.2, 0) is 11.3 Å². The monoisotopic (exact) mass is 321 g/mol. The summed E-state index contributed by atoms with van der Waals surface area (Å²) in [5.41, 5.74) is 4.56. The molecule has 22 heavy (non-hydrogen) atoms. The molecule has 2 amide bonds. The molecule has 0 saturated carbocycles. The molecule has 0 unspecified atom stereocenters. The minimum absolute atomic E-state index is 0.0910. The zero-order valence-electron chi connectivity index (χ0n) is 11.9. The number of aryl methyl sites for hydroxylation is 1. The van der Waals surface area contributed by atoms with Crippen molar-refractivity contribution < 1.29 is 14.0 Å². The van der Waals surface area contributed by atoms with Gasteiger partial charge in [0.05, 0.1) is 12.0 Å². The quantitative estimate of drug-likeness (QED) is 0.466. The van der Waals surface area contributed by atoms with E-state index in [4.69, 9.17) is 4.42 Å². The lowest BCUT2D eigenvalue weighted by Gasteiger charge is -2.06. The van der Waals surface area contributed by atoms with Gasteiger partial charge >= 0.3 is 5.91 Å². The van der Waals surface area contributed by atoms with E-state index in [9.17, 15) is 9.59 Å². The zero-order valence-corrected chi connectivity index (χ0v) is 12.7. The van der Waals surface area contributed by atoms with Gasteiger partial charge in [-0.1, -0.05) is 17.8 Å². The molecule has 0 atom stereocenters. The van der Waals surface area contributed by atoms with Crippen molar-refractivity contribution in [1.29, 1.82) is 0 Å². The van der Waals surface area contributed by atoms with E-state index >= 15 is 0 Å². The second-order valence-electron chi connectivity index (χ2n) is 4.20. The maximum Gasteiger partial charge on any atom is 0.305 e. The van der Waals surface area contributed by atoms with Crippen LogP contribution in [-0.4, -0.2) is 32.3 Å². The SMILES string of the molecule is C=CCn1c(C)nnc1SCC(=O)NNC(=O)c1ccco1. The number of nitrogens with zero attached hydrogens (tertiary/aromatic N) is 3. The molecule has 0 fully saturated rings. The third kappa shape index (κ3) is 3.98. The van der Waals surface area contributed by atoms with Crippen LogP contribution >= 0.6 is 11.8 Å². The number of amides is 2. The number of carbonyl (C=O) groups is 2. The summed E-state index contributed by atoms with van der Waals surface area (Å²) in [5.74, 6) is 0.0706. The Morgan fingerprint density at radius 1 is 1.45 bits per heavy atom. The molecule has 2 N–H and O–H groups in total. The minimum atomic E-state index is -0.519. The minimum Gasteiger partial charge on any atom is -0.459 e. The fourth-order valence-electron chi connectivity index (χ4n) is 1.57. The number of thioether (sulfide) groups is 1. The van der Waals surface area contributed by atoms with Crippen LogP contribution in [0.15, 0.2) is 40.6 Å². The molecule has 0 bridgehead atoms. The molecule has 0 aliphatic carbocycles. The molecule has 0 aliphatic heterocycles. The molecule has 2 aromatic heterocycles. The van der Waals surface area contributed by atoms with Crippen molar-refractivity contribution in [3.63, 3.8) is 0 Å². The predicted octanol–water partition coefficient (Wildman–Crippen LogP) is 0.919. The Morgan fingerprint density at radius 3 is 2.95 bits per heavy atom. The van der Waals surface area contributed by atoms with Crippen LogP contribution in [0.1, 0.15) is 16.4 Å². The molecular weight excluding hydrogens is 306 g/mol. The van der Waals surface area contributed by atoms with Gasteiger partial charge in [-0.2, -0.15) is 0 Å². The first-order chi connectivity index (χ1) is 10.6. The highest BCUT2D eigenvalue weighted by Crippen LogP contribution is 2.16. The van der Waals surface area contributed by atoms with Gasteiger partial charge < -0.3 is 8.98 Å². The first kappa shape index (κ1) is 15.8. The predicted molar refractivity (Wildman–Crippen MR) is 80.0 cm³/mol. The Labute approximate surface area is 130 Å². The second-order valence-corrected chi connectivity index (χ2v) is 5.14. The average Bonchev–Trinajstić information content (AvgIpc) is 3.15.